The smallest absolute Gasteiger partial charge is 0.137 e. The maximum Gasteiger partial charge on any atom is 0.137 e. The summed E-state index contributed by atoms with van der Waals surface area (Å²) in [5.41, 5.74) is 3.52. The number of nitrogens with zero attached hydrogens (tertiary/aromatic N) is 1. The molecule has 1 N–H and O–H groups in total. The largest absolute Gasteiger partial charge is 1.00 e. The summed E-state index contributed by atoms with van der Waals surface area (Å²) < 4.78 is 0.850. The van der Waals surface area contributed by atoms with Gasteiger partial charge in [-0.2, -0.15) is 5.43 Å². The maximum absolute atomic E-state index is 12.4. The Hall–Kier alpha value is 0.320. The van der Waals surface area contributed by atoms with Gasteiger partial charge in [-0.25, -0.2) is 0 Å². The van der Waals surface area contributed by atoms with E-state index in [2.05, 4.69) is 26.4 Å². The van der Waals surface area contributed by atoms with Crippen LogP contribution in [0, 0.1) is 5.92 Å². The minimum Gasteiger partial charge on any atom is -1.00 e. The van der Waals surface area contributed by atoms with Gasteiger partial charge in [0.2, 0.25) is 0 Å². The Kier molecular flexibility index (Phi) is 17.4. The van der Waals surface area contributed by atoms with E-state index in [0.717, 1.165) is 43.4 Å². The number of hydrogen-bond donors (Lipinski definition) is 1. The van der Waals surface area contributed by atoms with Gasteiger partial charge >= 0.3 is 0 Å². The molecule has 0 aromatic carbocycles. The van der Waals surface area contributed by atoms with Crippen LogP contribution in [-0.2, 0) is 4.79 Å². The zero-order valence-electron chi connectivity index (χ0n) is 18.5. The Morgan fingerprint density at radius 3 is 1.85 bits per heavy atom. The fourth-order valence-corrected chi connectivity index (χ4v) is 4.07. The summed E-state index contributed by atoms with van der Waals surface area (Å²) in [6, 6.07) is 0. The third-order valence-electron chi connectivity index (χ3n) is 6.02. The topological polar surface area (TPSA) is 29.1 Å². The highest BCUT2D eigenvalue weighted by Crippen LogP contribution is 2.18. The van der Waals surface area contributed by atoms with E-state index in [1.807, 2.05) is 0 Å². The molecule has 1 aliphatic heterocycles. The van der Waals surface area contributed by atoms with Crippen LogP contribution in [0.4, 0.5) is 0 Å². The van der Waals surface area contributed by atoms with Gasteiger partial charge in [0, 0.05) is 12.3 Å². The molecule has 162 valence electrons. The Morgan fingerprint density at radius 2 is 1.33 bits per heavy atom. The molecule has 3 nitrogen and oxygen atoms in total. The van der Waals surface area contributed by atoms with Gasteiger partial charge in [-0.1, -0.05) is 84.0 Å². The Balaban J connectivity index is 0.00000676. The molecule has 0 aromatic heterocycles. The molecule has 0 aliphatic carbocycles. The standard InChI is InChI=1S/C23H47N2O.HI/c1-4-5-6-7-8-9-10-11-12-13-14-15-16-19-23(26)22-18-17-20-25(2,3)24-21-22;/h22,24H,4-21H2,1-3H3;1H/q+1;/p-1. The molecule has 1 heterocycles. The first kappa shape index (κ1) is 27.3. The van der Waals surface area contributed by atoms with E-state index in [1.54, 1.807) is 0 Å². The van der Waals surface area contributed by atoms with Crippen LogP contribution in [0.1, 0.15) is 110 Å². The Bertz CT molecular complexity index is 360. The van der Waals surface area contributed by atoms with Gasteiger partial charge in [-0.15, -0.1) is 0 Å². The normalized spacial score (nSPS) is 19.3. The fourth-order valence-electron chi connectivity index (χ4n) is 4.07. The van der Waals surface area contributed by atoms with Crippen molar-refractivity contribution in [1.29, 1.82) is 0 Å². The lowest BCUT2D eigenvalue weighted by Crippen LogP contribution is -3.00. The van der Waals surface area contributed by atoms with E-state index in [9.17, 15) is 4.79 Å². The molecule has 0 aromatic rings. The van der Waals surface area contributed by atoms with E-state index >= 15 is 0 Å². The van der Waals surface area contributed by atoms with Crippen molar-refractivity contribution in [3.05, 3.63) is 0 Å². The lowest BCUT2D eigenvalue weighted by Gasteiger charge is -2.27. The second-order valence-corrected chi connectivity index (χ2v) is 9.07. The van der Waals surface area contributed by atoms with Gasteiger partial charge in [-0.3, -0.25) is 9.39 Å². The number of nitrogens with one attached hydrogen (secondary N) is 1. The zero-order valence-corrected chi connectivity index (χ0v) is 20.7. The zero-order chi connectivity index (χ0) is 19.1. The fraction of sp³-hybridized carbons (Fsp3) is 0.957. The molecule has 0 spiro atoms. The van der Waals surface area contributed by atoms with E-state index < -0.39 is 0 Å². The summed E-state index contributed by atoms with van der Waals surface area (Å²) >= 11 is 0. The number of ketones is 1. The molecular formula is C23H47IN2O. The number of unbranched alkanes of at least 4 members (excludes halogenated alkanes) is 12. The van der Waals surface area contributed by atoms with Crippen molar-refractivity contribution in [3.8, 4) is 0 Å². The molecule has 1 fully saturated rings. The molecule has 1 unspecified atom stereocenters. The Morgan fingerprint density at radius 1 is 0.852 bits per heavy atom. The minimum absolute atomic E-state index is 0. The van der Waals surface area contributed by atoms with E-state index in [-0.39, 0.29) is 29.9 Å². The third-order valence-corrected chi connectivity index (χ3v) is 6.02. The van der Waals surface area contributed by atoms with Crippen LogP contribution in [0.5, 0.6) is 0 Å². The number of halogens is 1. The van der Waals surface area contributed by atoms with Gasteiger partial charge in [0.05, 0.1) is 27.2 Å². The average Bonchev–Trinajstić information content (AvgIpc) is 2.79. The second kappa shape index (κ2) is 17.2. The molecule has 27 heavy (non-hydrogen) atoms. The van der Waals surface area contributed by atoms with Crippen LogP contribution in [0.3, 0.4) is 0 Å². The summed E-state index contributed by atoms with van der Waals surface area (Å²) in [6.45, 7) is 4.27. The first-order chi connectivity index (χ1) is 12.5. The van der Waals surface area contributed by atoms with Gasteiger partial charge in [0.1, 0.15) is 5.78 Å². The molecule has 4 heteroatoms. The lowest BCUT2D eigenvalue weighted by atomic mass is 9.94. The van der Waals surface area contributed by atoms with Crippen molar-refractivity contribution >= 4 is 5.78 Å². The van der Waals surface area contributed by atoms with Crippen molar-refractivity contribution in [2.45, 2.75) is 110 Å². The highest BCUT2D eigenvalue weighted by Gasteiger charge is 2.26. The third kappa shape index (κ3) is 14.9. The van der Waals surface area contributed by atoms with Crippen LogP contribution in [0.15, 0.2) is 0 Å². The molecule has 1 aliphatic rings. The number of carbonyl (C=O) groups excluding carboxylic acids is 1. The summed E-state index contributed by atoms with van der Waals surface area (Å²) in [7, 11) is 4.39. The molecule has 1 rings (SSSR count). The van der Waals surface area contributed by atoms with Crippen LogP contribution < -0.4 is 29.4 Å². The van der Waals surface area contributed by atoms with E-state index in [0.29, 0.717) is 5.78 Å². The molecule has 0 amide bonds. The quantitative estimate of drug-likeness (QED) is 0.216. The predicted octanol–water partition coefficient (Wildman–Crippen LogP) is 3.03. The van der Waals surface area contributed by atoms with Crippen molar-refractivity contribution in [2.24, 2.45) is 5.92 Å². The molecule has 0 saturated carbocycles. The number of carbonyl (C=O) groups is 1. The number of Topliss-reactive ketones (excluding diaryl/α,β-unsaturated/α-hetero) is 1. The maximum atomic E-state index is 12.4. The number of hydrogen-bond acceptors (Lipinski definition) is 2. The van der Waals surface area contributed by atoms with Crippen LogP contribution in [0.25, 0.3) is 0 Å². The second-order valence-electron chi connectivity index (χ2n) is 9.07. The highest BCUT2D eigenvalue weighted by molar-refractivity contribution is 5.81. The molecule has 1 atom stereocenters. The highest BCUT2D eigenvalue weighted by atomic mass is 127. The van der Waals surface area contributed by atoms with Gasteiger partial charge in [0.15, 0.2) is 0 Å². The minimum atomic E-state index is 0. The lowest BCUT2D eigenvalue weighted by molar-refractivity contribution is -0.933. The van der Waals surface area contributed by atoms with Crippen LogP contribution in [0.2, 0.25) is 0 Å². The van der Waals surface area contributed by atoms with Crippen molar-refractivity contribution in [1.82, 2.24) is 5.43 Å². The molecular weight excluding hydrogens is 447 g/mol. The molecule has 0 bridgehead atoms. The van der Waals surface area contributed by atoms with Crippen LogP contribution >= 0.6 is 0 Å². The van der Waals surface area contributed by atoms with Gasteiger partial charge in [0.25, 0.3) is 0 Å². The first-order valence-electron chi connectivity index (χ1n) is 11.7. The summed E-state index contributed by atoms with van der Waals surface area (Å²) in [5.74, 6) is 0.759. The predicted molar refractivity (Wildman–Crippen MR) is 113 cm³/mol. The van der Waals surface area contributed by atoms with Crippen molar-refractivity contribution in [2.75, 3.05) is 27.2 Å². The van der Waals surface area contributed by atoms with Gasteiger partial charge < -0.3 is 24.0 Å². The van der Waals surface area contributed by atoms with E-state index in [1.165, 1.54) is 77.0 Å². The molecule has 1 saturated heterocycles. The molecule has 0 radical (unpaired) electrons. The summed E-state index contributed by atoms with van der Waals surface area (Å²) in [5, 5.41) is 0. The first-order valence-corrected chi connectivity index (χ1v) is 11.7. The summed E-state index contributed by atoms with van der Waals surface area (Å²) in [4.78, 5) is 12.4. The summed E-state index contributed by atoms with van der Waals surface area (Å²) in [6.07, 6.45) is 20.8. The Labute approximate surface area is 187 Å². The van der Waals surface area contributed by atoms with Crippen molar-refractivity contribution < 1.29 is 33.4 Å². The van der Waals surface area contributed by atoms with Gasteiger partial charge in [-0.05, 0) is 19.3 Å². The SMILES string of the molecule is CCCCCCCCCCCCCCCC(=O)C1CCC[N+](C)(C)NC1.[I-]. The van der Waals surface area contributed by atoms with Crippen LogP contribution in [-0.4, -0.2) is 37.6 Å². The van der Waals surface area contributed by atoms with Crippen molar-refractivity contribution in [3.63, 3.8) is 0 Å². The monoisotopic (exact) mass is 494 g/mol. The number of quaternary nitrogens is 1. The number of rotatable bonds is 15. The van der Waals surface area contributed by atoms with E-state index in [4.69, 9.17) is 0 Å². The average molecular weight is 495 g/mol.